The maximum absolute atomic E-state index is 15.0. The molecule has 172 valence electrons. The third-order valence-corrected chi connectivity index (χ3v) is 8.34. The highest BCUT2D eigenvalue weighted by molar-refractivity contribution is 7.93. The summed E-state index contributed by atoms with van der Waals surface area (Å²) < 4.78 is 52.6. The van der Waals surface area contributed by atoms with Gasteiger partial charge < -0.3 is 9.21 Å². The third kappa shape index (κ3) is 3.21. The van der Waals surface area contributed by atoms with Crippen LogP contribution in [-0.2, 0) is 21.4 Å². The molecule has 9 nitrogen and oxygen atoms in total. The summed E-state index contributed by atoms with van der Waals surface area (Å²) in [7, 11) is -4.32. The number of oxazole rings is 1. The minimum Gasteiger partial charge on any atom is -0.408 e. The lowest BCUT2D eigenvalue weighted by atomic mass is 9.92. The van der Waals surface area contributed by atoms with Crippen molar-refractivity contribution in [3.63, 3.8) is 0 Å². The van der Waals surface area contributed by atoms with Gasteiger partial charge in [0.2, 0.25) is 5.13 Å². The SMILES string of the molecule is O=CC1C2C=Cc3cccc(Cn4c(=O)oc5cc(S(=O)(=O)Nc6ncns6)c(F)cc54)c3C12. The molecule has 1 N–H and O–H groups in total. The first-order valence-corrected chi connectivity index (χ1v) is 12.5. The Kier molecular flexibility index (Phi) is 4.58. The predicted octanol–water partition coefficient (Wildman–Crippen LogP) is 2.99. The summed E-state index contributed by atoms with van der Waals surface area (Å²) in [5.74, 6) is -1.68. The molecule has 2 aromatic heterocycles. The monoisotopic (exact) mass is 498 g/mol. The van der Waals surface area contributed by atoms with E-state index in [4.69, 9.17) is 4.42 Å². The van der Waals surface area contributed by atoms with E-state index >= 15 is 0 Å². The molecule has 0 bridgehead atoms. The maximum atomic E-state index is 15.0. The minimum atomic E-state index is -4.32. The van der Waals surface area contributed by atoms with Crippen LogP contribution < -0.4 is 10.5 Å². The number of aldehydes is 1. The lowest BCUT2D eigenvalue weighted by molar-refractivity contribution is -0.109. The summed E-state index contributed by atoms with van der Waals surface area (Å²) >= 11 is 0.800. The fourth-order valence-corrected chi connectivity index (χ4v) is 6.42. The summed E-state index contributed by atoms with van der Waals surface area (Å²) in [5, 5.41) is -0.0200. The smallest absolute Gasteiger partial charge is 0.408 e. The van der Waals surface area contributed by atoms with Gasteiger partial charge in [-0.25, -0.2) is 22.6 Å². The van der Waals surface area contributed by atoms with Crippen molar-refractivity contribution in [2.45, 2.75) is 17.4 Å². The second kappa shape index (κ2) is 7.43. The number of allylic oxidation sites excluding steroid dienone is 1. The Labute approximate surface area is 195 Å². The molecule has 1 saturated carbocycles. The number of nitrogens with zero attached hydrogens (tertiary/aromatic N) is 3. The number of halogens is 1. The molecule has 3 atom stereocenters. The molecule has 4 aromatic rings. The maximum Gasteiger partial charge on any atom is 0.420 e. The van der Waals surface area contributed by atoms with Crippen LogP contribution in [0.5, 0.6) is 0 Å². The van der Waals surface area contributed by atoms with Crippen LogP contribution in [0.15, 0.2) is 56.8 Å². The number of aromatic nitrogens is 3. The van der Waals surface area contributed by atoms with E-state index in [0.717, 1.165) is 46.6 Å². The average Bonchev–Trinajstić information content (AvgIpc) is 3.14. The Morgan fingerprint density at radius 3 is 2.91 bits per heavy atom. The van der Waals surface area contributed by atoms with Gasteiger partial charge in [-0.2, -0.15) is 4.37 Å². The van der Waals surface area contributed by atoms with Crippen molar-refractivity contribution >= 4 is 50.1 Å². The van der Waals surface area contributed by atoms with Gasteiger partial charge in [0.15, 0.2) is 5.58 Å². The van der Waals surface area contributed by atoms with Crippen LogP contribution in [-0.4, -0.2) is 28.6 Å². The Bertz CT molecular complexity index is 1660. The van der Waals surface area contributed by atoms with Gasteiger partial charge in [0.1, 0.15) is 23.3 Å². The molecule has 0 saturated heterocycles. The Hall–Kier alpha value is -3.64. The van der Waals surface area contributed by atoms with Crippen molar-refractivity contribution in [2.75, 3.05) is 4.72 Å². The summed E-state index contributed by atoms with van der Waals surface area (Å²) in [6.07, 6.45) is 6.13. The normalized spacial score (nSPS) is 20.7. The second-order valence-electron chi connectivity index (χ2n) is 8.15. The number of hydrogen-bond donors (Lipinski definition) is 1. The highest BCUT2D eigenvalue weighted by atomic mass is 32.2. The Morgan fingerprint density at radius 2 is 2.15 bits per heavy atom. The van der Waals surface area contributed by atoms with Crippen LogP contribution >= 0.6 is 11.5 Å². The topological polar surface area (TPSA) is 124 Å². The zero-order valence-electron chi connectivity index (χ0n) is 17.2. The zero-order valence-corrected chi connectivity index (χ0v) is 18.8. The van der Waals surface area contributed by atoms with Gasteiger partial charge in [-0.05, 0) is 22.6 Å². The van der Waals surface area contributed by atoms with Crippen molar-refractivity contribution in [1.29, 1.82) is 0 Å². The van der Waals surface area contributed by atoms with Crippen molar-refractivity contribution in [1.82, 2.24) is 13.9 Å². The number of anilines is 1. The largest absolute Gasteiger partial charge is 0.420 e. The molecule has 2 aliphatic rings. The number of fused-ring (bicyclic) bond motifs is 4. The Balaban J connectivity index is 1.41. The van der Waals surface area contributed by atoms with Crippen molar-refractivity contribution in [3.05, 3.63) is 75.8 Å². The number of nitrogens with one attached hydrogen (secondary N) is 1. The molecule has 2 aromatic carbocycles. The van der Waals surface area contributed by atoms with E-state index in [2.05, 4.69) is 14.1 Å². The van der Waals surface area contributed by atoms with E-state index in [1.165, 1.54) is 10.9 Å². The van der Waals surface area contributed by atoms with E-state index in [1.54, 1.807) is 0 Å². The highest BCUT2D eigenvalue weighted by Gasteiger charge is 2.52. The van der Waals surface area contributed by atoms with Gasteiger partial charge in [0.25, 0.3) is 10.0 Å². The minimum absolute atomic E-state index is 0.0200. The summed E-state index contributed by atoms with van der Waals surface area (Å²) in [5.41, 5.74) is 2.85. The lowest BCUT2D eigenvalue weighted by Crippen LogP contribution is -2.17. The van der Waals surface area contributed by atoms with Crippen molar-refractivity contribution in [3.8, 4) is 0 Å². The van der Waals surface area contributed by atoms with Crippen LogP contribution in [0.2, 0.25) is 0 Å². The first-order valence-electron chi connectivity index (χ1n) is 10.2. The fourth-order valence-electron chi connectivity index (χ4n) is 4.68. The molecule has 1 fully saturated rings. The number of carbonyl (C=O) groups is 1. The van der Waals surface area contributed by atoms with Crippen LogP contribution in [0, 0.1) is 17.7 Å². The van der Waals surface area contributed by atoms with E-state index < -0.39 is 26.5 Å². The number of hydrogen-bond acceptors (Lipinski definition) is 8. The molecule has 0 spiro atoms. The van der Waals surface area contributed by atoms with Gasteiger partial charge >= 0.3 is 5.76 Å². The van der Waals surface area contributed by atoms with Crippen molar-refractivity contribution < 1.29 is 22.0 Å². The van der Waals surface area contributed by atoms with Crippen LogP contribution in [0.3, 0.4) is 0 Å². The molecule has 6 rings (SSSR count). The molecule has 3 unspecified atom stereocenters. The number of sulfonamides is 1. The predicted molar refractivity (Wildman–Crippen MR) is 122 cm³/mol. The lowest BCUT2D eigenvalue weighted by Gasteiger charge is -2.15. The summed E-state index contributed by atoms with van der Waals surface area (Å²) in [6.45, 7) is 0.0895. The molecular formula is C22H15FN4O5S2. The first-order chi connectivity index (χ1) is 16.4. The second-order valence-corrected chi connectivity index (χ2v) is 10.6. The molecule has 12 heteroatoms. The third-order valence-electron chi connectivity index (χ3n) is 6.27. The molecule has 0 amide bonds. The van der Waals surface area contributed by atoms with Gasteiger partial charge in [-0.1, -0.05) is 30.4 Å². The quantitative estimate of drug-likeness (QED) is 0.405. The van der Waals surface area contributed by atoms with Crippen LogP contribution in [0.4, 0.5) is 9.52 Å². The first kappa shape index (κ1) is 20.9. The van der Waals surface area contributed by atoms with E-state index in [1.807, 2.05) is 30.4 Å². The summed E-state index contributed by atoms with van der Waals surface area (Å²) in [4.78, 5) is 27.2. The van der Waals surface area contributed by atoms with Crippen molar-refractivity contribution in [2.24, 2.45) is 11.8 Å². The average molecular weight is 499 g/mol. The van der Waals surface area contributed by atoms with Gasteiger partial charge in [-0.15, -0.1) is 0 Å². The number of rotatable bonds is 6. The molecule has 2 aliphatic carbocycles. The van der Waals surface area contributed by atoms with Crippen LogP contribution in [0.1, 0.15) is 22.6 Å². The standard InChI is InChI=1S/C22H15FN4O5S2/c23-15-6-16-17(7-18(15)34(30,31)26-21-24-10-25-33-21)32-22(29)27(16)8-12-3-1-2-11-4-5-13-14(9-28)20(13)19(11)12/h1-7,9-10,13-14,20H,8H2,(H,24,25,26). The van der Waals surface area contributed by atoms with Gasteiger partial charge in [-0.3, -0.25) is 9.29 Å². The Morgan fingerprint density at radius 1 is 1.29 bits per heavy atom. The van der Waals surface area contributed by atoms with E-state index in [-0.39, 0.29) is 40.5 Å². The van der Waals surface area contributed by atoms with Gasteiger partial charge in [0.05, 0.1) is 12.1 Å². The zero-order chi connectivity index (χ0) is 23.6. The molecular weight excluding hydrogens is 483 g/mol. The molecule has 0 radical (unpaired) electrons. The van der Waals surface area contributed by atoms with Crippen LogP contribution in [0.25, 0.3) is 17.2 Å². The highest BCUT2D eigenvalue weighted by Crippen LogP contribution is 2.58. The van der Waals surface area contributed by atoms with E-state index in [9.17, 15) is 22.4 Å². The van der Waals surface area contributed by atoms with Gasteiger partial charge in [0, 0.05) is 35.5 Å². The molecule has 0 aliphatic heterocycles. The molecule has 2 heterocycles. The summed E-state index contributed by atoms with van der Waals surface area (Å²) in [6, 6.07) is 7.62. The number of carbonyl (C=O) groups excluding carboxylic acids is 1. The van der Waals surface area contributed by atoms with E-state index in [0.29, 0.717) is 0 Å². The fraction of sp³-hybridized carbons (Fsp3) is 0.182. The molecule has 34 heavy (non-hydrogen) atoms. The number of benzene rings is 2.